The van der Waals surface area contributed by atoms with Crippen LogP contribution in [-0.4, -0.2) is 39.4 Å². The Morgan fingerprint density at radius 3 is 1.35 bits per heavy atom. The lowest BCUT2D eigenvalue weighted by atomic mass is 9.87. The molecule has 0 aliphatic heterocycles. The van der Waals surface area contributed by atoms with E-state index in [0.717, 1.165) is 38.5 Å². The minimum absolute atomic E-state index is 0.161. The summed E-state index contributed by atoms with van der Waals surface area (Å²) < 4.78 is 15.2. The number of rotatable bonds is 12. The second kappa shape index (κ2) is 10.6. The molecule has 0 fully saturated rings. The summed E-state index contributed by atoms with van der Waals surface area (Å²) in [5, 5.41) is 0. The molecule has 0 aromatic rings. The summed E-state index contributed by atoms with van der Waals surface area (Å²) in [6.07, 6.45) is 5.36. The highest BCUT2D eigenvalue weighted by atomic mass is 16.5. The van der Waals surface area contributed by atoms with E-state index < -0.39 is 10.8 Å². The van der Waals surface area contributed by atoms with Crippen LogP contribution in [0.3, 0.4) is 0 Å². The van der Waals surface area contributed by atoms with E-state index in [1.165, 1.54) is 14.2 Å². The molecule has 0 amide bonds. The van der Waals surface area contributed by atoms with E-state index in [-0.39, 0.29) is 11.9 Å². The van der Waals surface area contributed by atoms with Crippen molar-refractivity contribution < 1.29 is 23.8 Å². The molecule has 0 rings (SSSR count). The van der Waals surface area contributed by atoms with Crippen molar-refractivity contribution in [2.24, 2.45) is 10.8 Å². The van der Waals surface area contributed by atoms with Gasteiger partial charge in [-0.1, -0.05) is 12.8 Å². The Hall–Kier alpha value is -1.10. The first-order valence-corrected chi connectivity index (χ1v) is 8.42. The van der Waals surface area contributed by atoms with E-state index in [0.29, 0.717) is 13.2 Å². The quantitative estimate of drug-likeness (QED) is 0.403. The summed E-state index contributed by atoms with van der Waals surface area (Å²) in [7, 11) is 2.85. The molecule has 0 radical (unpaired) electrons. The van der Waals surface area contributed by atoms with E-state index in [1.807, 2.05) is 27.7 Å². The Morgan fingerprint density at radius 2 is 1.04 bits per heavy atom. The topological polar surface area (TPSA) is 61.8 Å². The smallest absolute Gasteiger partial charge is 0.311 e. The molecule has 5 nitrogen and oxygen atoms in total. The molecule has 0 saturated heterocycles. The molecule has 0 aromatic heterocycles. The highest BCUT2D eigenvalue weighted by Gasteiger charge is 2.28. The fourth-order valence-electron chi connectivity index (χ4n) is 2.40. The molecular formula is C18H34O5. The maximum absolute atomic E-state index is 11.5. The van der Waals surface area contributed by atoms with Gasteiger partial charge in [-0.3, -0.25) is 9.59 Å². The Morgan fingerprint density at radius 1 is 0.696 bits per heavy atom. The molecule has 0 aliphatic rings. The van der Waals surface area contributed by atoms with Gasteiger partial charge in [0.2, 0.25) is 0 Å². The van der Waals surface area contributed by atoms with Crippen molar-refractivity contribution >= 4 is 11.9 Å². The lowest BCUT2D eigenvalue weighted by Crippen LogP contribution is -2.25. The maximum Gasteiger partial charge on any atom is 0.311 e. The van der Waals surface area contributed by atoms with Crippen molar-refractivity contribution in [1.82, 2.24) is 0 Å². The number of carbonyl (C=O) groups excluding carboxylic acids is 2. The molecular weight excluding hydrogens is 296 g/mol. The van der Waals surface area contributed by atoms with E-state index in [1.54, 1.807) is 0 Å². The summed E-state index contributed by atoms with van der Waals surface area (Å²) in [6, 6.07) is 0. The van der Waals surface area contributed by atoms with Crippen LogP contribution in [0.4, 0.5) is 0 Å². The van der Waals surface area contributed by atoms with Crippen molar-refractivity contribution in [3.8, 4) is 0 Å². The number of hydrogen-bond acceptors (Lipinski definition) is 5. The van der Waals surface area contributed by atoms with Gasteiger partial charge < -0.3 is 14.2 Å². The third-order valence-electron chi connectivity index (χ3n) is 4.16. The molecule has 0 bridgehead atoms. The average molecular weight is 330 g/mol. The summed E-state index contributed by atoms with van der Waals surface area (Å²) in [6.45, 7) is 9.03. The Kier molecular flexibility index (Phi) is 10.1. The van der Waals surface area contributed by atoms with E-state index in [9.17, 15) is 9.59 Å². The standard InChI is InChI=1S/C18H34O5/c1-17(2,15(19)21-5)11-7-9-13-23-14-10-8-12-18(3,4)16(20)22-6/h7-14H2,1-6H3. The molecule has 0 heterocycles. The predicted molar refractivity (Wildman–Crippen MR) is 90.1 cm³/mol. The number of ether oxygens (including phenoxy) is 3. The Bertz CT molecular complexity index is 326. The minimum Gasteiger partial charge on any atom is -0.469 e. The fourth-order valence-corrected chi connectivity index (χ4v) is 2.40. The van der Waals surface area contributed by atoms with Gasteiger partial charge in [-0.05, 0) is 53.4 Å². The Labute approximate surface area is 141 Å². The molecule has 0 unspecified atom stereocenters. The lowest BCUT2D eigenvalue weighted by molar-refractivity contribution is -0.151. The second-order valence-electron chi connectivity index (χ2n) is 7.28. The van der Waals surface area contributed by atoms with Crippen molar-refractivity contribution in [3.05, 3.63) is 0 Å². The Balaban J connectivity index is 3.61. The molecule has 0 atom stereocenters. The van der Waals surface area contributed by atoms with Gasteiger partial charge in [0.1, 0.15) is 0 Å². The van der Waals surface area contributed by atoms with Crippen LogP contribution in [0.15, 0.2) is 0 Å². The zero-order valence-electron chi connectivity index (χ0n) is 15.7. The lowest BCUT2D eigenvalue weighted by Gasteiger charge is -2.21. The third kappa shape index (κ3) is 8.94. The highest BCUT2D eigenvalue weighted by Crippen LogP contribution is 2.25. The fraction of sp³-hybridized carbons (Fsp3) is 0.889. The summed E-state index contributed by atoms with van der Waals surface area (Å²) in [5.74, 6) is -0.321. The van der Waals surface area contributed by atoms with Crippen LogP contribution in [0.2, 0.25) is 0 Å². The first-order valence-electron chi connectivity index (χ1n) is 8.42. The number of carbonyl (C=O) groups is 2. The van der Waals surface area contributed by atoms with Gasteiger partial charge in [-0.15, -0.1) is 0 Å². The highest BCUT2D eigenvalue weighted by molar-refractivity contribution is 5.76. The van der Waals surface area contributed by atoms with Gasteiger partial charge in [0.25, 0.3) is 0 Å². The van der Waals surface area contributed by atoms with E-state index >= 15 is 0 Å². The van der Waals surface area contributed by atoms with Crippen LogP contribution >= 0.6 is 0 Å². The molecule has 0 saturated carbocycles. The SMILES string of the molecule is COC(=O)C(C)(C)CCCCOCCCCC(C)(C)C(=O)OC. The molecule has 0 spiro atoms. The van der Waals surface area contributed by atoms with E-state index in [4.69, 9.17) is 14.2 Å². The van der Waals surface area contributed by atoms with Gasteiger partial charge in [0, 0.05) is 13.2 Å². The molecule has 5 heteroatoms. The van der Waals surface area contributed by atoms with Crippen molar-refractivity contribution in [2.75, 3.05) is 27.4 Å². The first kappa shape index (κ1) is 21.9. The van der Waals surface area contributed by atoms with Crippen LogP contribution in [-0.2, 0) is 23.8 Å². The van der Waals surface area contributed by atoms with Crippen molar-refractivity contribution in [3.63, 3.8) is 0 Å². The zero-order chi connectivity index (χ0) is 17.9. The number of esters is 2. The normalized spacial score (nSPS) is 12.1. The first-order chi connectivity index (χ1) is 10.7. The number of unbranched alkanes of at least 4 members (excludes halogenated alkanes) is 2. The number of methoxy groups -OCH3 is 2. The second-order valence-corrected chi connectivity index (χ2v) is 7.28. The largest absolute Gasteiger partial charge is 0.469 e. The molecule has 0 N–H and O–H groups in total. The van der Waals surface area contributed by atoms with Gasteiger partial charge in [-0.25, -0.2) is 0 Å². The van der Waals surface area contributed by atoms with Crippen LogP contribution < -0.4 is 0 Å². The molecule has 0 aromatic carbocycles. The molecule has 0 aliphatic carbocycles. The van der Waals surface area contributed by atoms with Crippen LogP contribution in [0, 0.1) is 10.8 Å². The van der Waals surface area contributed by atoms with Crippen molar-refractivity contribution in [2.45, 2.75) is 66.2 Å². The molecule has 136 valence electrons. The van der Waals surface area contributed by atoms with Gasteiger partial charge in [0.15, 0.2) is 0 Å². The van der Waals surface area contributed by atoms with Crippen LogP contribution in [0.5, 0.6) is 0 Å². The zero-order valence-corrected chi connectivity index (χ0v) is 15.7. The maximum atomic E-state index is 11.5. The summed E-state index contributed by atoms with van der Waals surface area (Å²) in [5.41, 5.74) is -0.845. The third-order valence-corrected chi connectivity index (χ3v) is 4.16. The van der Waals surface area contributed by atoms with E-state index in [2.05, 4.69) is 0 Å². The number of hydrogen-bond donors (Lipinski definition) is 0. The minimum atomic E-state index is -0.422. The van der Waals surface area contributed by atoms with Crippen molar-refractivity contribution in [1.29, 1.82) is 0 Å². The predicted octanol–water partition coefficient (Wildman–Crippen LogP) is 3.74. The molecule has 23 heavy (non-hydrogen) atoms. The monoisotopic (exact) mass is 330 g/mol. The van der Waals surface area contributed by atoms with Gasteiger partial charge in [0.05, 0.1) is 25.0 Å². The van der Waals surface area contributed by atoms with Crippen LogP contribution in [0.1, 0.15) is 66.2 Å². The van der Waals surface area contributed by atoms with Crippen LogP contribution in [0.25, 0.3) is 0 Å². The van der Waals surface area contributed by atoms with Gasteiger partial charge in [-0.2, -0.15) is 0 Å². The summed E-state index contributed by atoms with van der Waals surface area (Å²) >= 11 is 0. The van der Waals surface area contributed by atoms with Gasteiger partial charge >= 0.3 is 11.9 Å². The summed E-state index contributed by atoms with van der Waals surface area (Å²) in [4.78, 5) is 23.1. The average Bonchev–Trinajstić information content (AvgIpc) is 2.51.